The zero-order valence-electron chi connectivity index (χ0n) is 10.7. The smallest absolute Gasteiger partial charge is 0.271 e. The molecule has 0 bridgehead atoms. The molecule has 2 N–H and O–H groups in total. The van der Waals surface area contributed by atoms with Crippen molar-refractivity contribution in [3.8, 4) is 0 Å². The summed E-state index contributed by atoms with van der Waals surface area (Å²) in [5, 5.41) is 5.33. The number of halogens is 2. The number of hydrogen-bond acceptors (Lipinski definition) is 4. The van der Waals surface area contributed by atoms with Crippen molar-refractivity contribution in [2.45, 2.75) is 6.54 Å². The molecule has 0 spiro atoms. The number of carbonyl (C=O) groups excluding carboxylic acids is 1. The molecule has 0 aliphatic heterocycles. The van der Waals surface area contributed by atoms with Gasteiger partial charge in [0.25, 0.3) is 5.91 Å². The molecule has 1 aromatic carbocycles. The number of carbonyl (C=O) groups is 1. The highest BCUT2D eigenvalue weighted by molar-refractivity contribution is 5.91. The molecule has 0 unspecified atom stereocenters. The summed E-state index contributed by atoms with van der Waals surface area (Å²) in [7, 11) is 1.69. The molecule has 1 aromatic heterocycles. The van der Waals surface area contributed by atoms with E-state index in [-0.39, 0.29) is 12.2 Å². The van der Waals surface area contributed by atoms with E-state index in [1.54, 1.807) is 7.05 Å². The highest BCUT2D eigenvalue weighted by atomic mass is 19.2. The quantitative estimate of drug-likeness (QED) is 0.893. The lowest BCUT2D eigenvalue weighted by molar-refractivity contribution is 0.0945. The van der Waals surface area contributed by atoms with Crippen molar-refractivity contribution in [2.75, 3.05) is 12.4 Å². The van der Waals surface area contributed by atoms with Gasteiger partial charge in [-0.2, -0.15) is 0 Å². The number of aromatic nitrogens is 2. The Kier molecular flexibility index (Phi) is 4.19. The van der Waals surface area contributed by atoms with E-state index in [2.05, 4.69) is 20.6 Å². The Morgan fingerprint density at radius 1 is 1.20 bits per heavy atom. The van der Waals surface area contributed by atoms with Crippen LogP contribution in [0.4, 0.5) is 14.6 Å². The van der Waals surface area contributed by atoms with Crippen LogP contribution in [0.15, 0.2) is 30.6 Å². The van der Waals surface area contributed by atoms with Gasteiger partial charge in [0.1, 0.15) is 11.5 Å². The summed E-state index contributed by atoms with van der Waals surface area (Å²) in [6.07, 6.45) is 2.75. The largest absolute Gasteiger partial charge is 0.372 e. The Bertz CT molecular complexity index is 616. The minimum absolute atomic E-state index is 0.0749. The van der Waals surface area contributed by atoms with Crippen LogP contribution >= 0.6 is 0 Å². The van der Waals surface area contributed by atoms with Crippen LogP contribution in [0, 0.1) is 11.6 Å². The Morgan fingerprint density at radius 3 is 2.60 bits per heavy atom. The molecule has 0 fully saturated rings. The predicted molar refractivity (Wildman–Crippen MR) is 69.1 cm³/mol. The third-order valence-electron chi connectivity index (χ3n) is 2.58. The van der Waals surface area contributed by atoms with Crippen molar-refractivity contribution in [3.05, 3.63) is 53.5 Å². The number of hydrogen-bond donors (Lipinski definition) is 2. The molecular weight excluding hydrogens is 266 g/mol. The highest BCUT2D eigenvalue weighted by Gasteiger charge is 2.08. The van der Waals surface area contributed by atoms with Gasteiger partial charge in [-0.3, -0.25) is 4.79 Å². The number of anilines is 1. The molecule has 0 aliphatic carbocycles. The van der Waals surface area contributed by atoms with Gasteiger partial charge in [0, 0.05) is 13.6 Å². The summed E-state index contributed by atoms with van der Waals surface area (Å²) < 4.78 is 25.7. The van der Waals surface area contributed by atoms with Gasteiger partial charge in [-0.05, 0) is 17.7 Å². The number of nitrogens with one attached hydrogen (secondary N) is 2. The Labute approximate surface area is 114 Å². The van der Waals surface area contributed by atoms with E-state index in [0.717, 1.165) is 12.1 Å². The van der Waals surface area contributed by atoms with E-state index in [4.69, 9.17) is 0 Å². The molecule has 1 heterocycles. The van der Waals surface area contributed by atoms with Gasteiger partial charge >= 0.3 is 0 Å². The maximum absolute atomic E-state index is 13.0. The zero-order chi connectivity index (χ0) is 14.5. The fourth-order valence-corrected chi connectivity index (χ4v) is 1.50. The van der Waals surface area contributed by atoms with Crippen molar-refractivity contribution in [3.63, 3.8) is 0 Å². The van der Waals surface area contributed by atoms with Crippen LogP contribution in [-0.4, -0.2) is 22.9 Å². The van der Waals surface area contributed by atoms with Crippen LogP contribution in [0.1, 0.15) is 16.1 Å². The molecule has 7 heteroatoms. The molecule has 0 saturated carbocycles. The van der Waals surface area contributed by atoms with E-state index in [0.29, 0.717) is 11.4 Å². The fraction of sp³-hybridized carbons (Fsp3) is 0.154. The van der Waals surface area contributed by atoms with Crippen molar-refractivity contribution in [1.82, 2.24) is 15.3 Å². The fourth-order valence-electron chi connectivity index (χ4n) is 1.50. The molecule has 1 amide bonds. The Balaban J connectivity index is 1.98. The zero-order valence-corrected chi connectivity index (χ0v) is 10.7. The van der Waals surface area contributed by atoms with Crippen LogP contribution in [0.2, 0.25) is 0 Å². The van der Waals surface area contributed by atoms with Crippen LogP contribution < -0.4 is 10.6 Å². The molecule has 0 atom stereocenters. The lowest BCUT2D eigenvalue weighted by atomic mass is 10.2. The second-order valence-corrected chi connectivity index (χ2v) is 3.97. The van der Waals surface area contributed by atoms with Gasteiger partial charge in [-0.1, -0.05) is 6.07 Å². The van der Waals surface area contributed by atoms with Gasteiger partial charge in [-0.25, -0.2) is 18.7 Å². The maximum atomic E-state index is 13.0. The molecule has 2 aromatic rings. The molecule has 20 heavy (non-hydrogen) atoms. The lowest BCUT2D eigenvalue weighted by Crippen LogP contribution is -2.24. The second kappa shape index (κ2) is 6.05. The minimum atomic E-state index is -0.949. The second-order valence-electron chi connectivity index (χ2n) is 3.97. The molecular formula is C13H12F2N4O. The first kappa shape index (κ1) is 13.9. The van der Waals surface area contributed by atoms with E-state index >= 15 is 0 Å². The molecule has 0 aliphatic rings. The van der Waals surface area contributed by atoms with Crippen molar-refractivity contribution < 1.29 is 13.6 Å². The molecule has 0 saturated heterocycles. The molecule has 0 radical (unpaired) electrons. The van der Waals surface area contributed by atoms with Crippen LogP contribution in [-0.2, 0) is 6.54 Å². The SMILES string of the molecule is CNc1cnc(C(=O)NCc2ccc(F)c(F)c2)cn1. The number of benzene rings is 1. The number of rotatable bonds is 4. The topological polar surface area (TPSA) is 66.9 Å². The lowest BCUT2D eigenvalue weighted by Gasteiger charge is -2.05. The van der Waals surface area contributed by atoms with E-state index < -0.39 is 17.5 Å². The van der Waals surface area contributed by atoms with E-state index in [1.165, 1.54) is 18.5 Å². The highest BCUT2D eigenvalue weighted by Crippen LogP contribution is 2.08. The average molecular weight is 278 g/mol. The Morgan fingerprint density at radius 2 is 2.00 bits per heavy atom. The summed E-state index contributed by atoms with van der Waals surface area (Å²) >= 11 is 0. The van der Waals surface area contributed by atoms with Gasteiger partial charge in [0.15, 0.2) is 11.6 Å². The number of nitrogens with zero attached hydrogens (tertiary/aromatic N) is 2. The van der Waals surface area contributed by atoms with Gasteiger partial charge in [0.05, 0.1) is 12.4 Å². The van der Waals surface area contributed by atoms with Gasteiger partial charge in [-0.15, -0.1) is 0 Å². The van der Waals surface area contributed by atoms with Crippen LogP contribution in [0.25, 0.3) is 0 Å². The summed E-state index contributed by atoms with van der Waals surface area (Å²) in [6.45, 7) is 0.0749. The molecule has 2 rings (SSSR count). The van der Waals surface area contributed by atoms with Gasteiger partial charge in [0.2, 0.25) is 0 Å². The predicted octanol–water partition coefficient (Wildman–Crippen LogP) is 1.73. The average Bonchev–Trinajstić information content (AvgIpc) is 2.48. The number of amides is 1. The minimum Gasteiger partial charge on any atom is -0.372 e. The van der Waals surface area contributed by atoms with Crippen molar-refractivity contribution in [2.24, 2.45) is 0 Å². The monoisotopic (exact) mass is 278 g/mol. The summed E-state index contributed by atoms with van der Waals surface area (Å²) in [5.41, 5.74) is 0.601. The first-order valence-corrected chi connectivity index (χ1v) is 5.82. The van der Waals surface area contributed by atoms with Crippen molar-refractivity contribution >= 4 is 11.7 Å². The summed E-state index contributed by atoms with van der Waals surface area (Å²) in [4.78, 5) is 19.6. The van der Waals surface area contributed by atoms with E-state index in [9.17, 15) is 13.6 Å². The third-order valence-corrected chi connectivity index (χ3v) is 2.58. The maximum Gasteiger partial charge on any atom is 0.271 e. The first-order chi connectivity index (χ1) is 9.60. The summed E-state index contributed by atoms with van der Waals surface area (Å²) in [6, 6.07) is 3.44. The van der Waals surface area contributed by atoms with Crippen LogP contribution in [0.5, 0.6) is 0 Å². The molecule has 5 nitrogen and oxygen atoms in total. The molecule has 104 valence electrons. The van der Waals surface area contributed by atoms with Crippen molar-refractivity contribution in [1.29, 1.82) is 0 Å². The first-order valence-electron chi connectivity index (χ1n) is 5.82. The van der Waals surface area contributed by atoms with E-state index in [1.807, 2.05) is 0 Å². The normalized spacial score (nSPS) is 10.2. The van der Waals surface area contributed by atoms with Crippen LogP contribution in [0.3, 0.4) is 0 Å². The standard InChI is InChI=1S/C13H12F2N4O/c1-16-12-7-17-11(6-18-12)13(20)19-5-8-2-3-9(14)10(15)4-8/h2-4,6-7H,5H2,1H3,(H,16,18)(H,19,20). The Hall–Kier alpha value is -2.57. The summed E-state index contributed by atoms with van der Waals surface area (Å²) in [5.74, 6) is -1.77. The van der Waals surface area contributed by atoms with Gasteiger partial charge < -0.3 is 10.6 Å². The third kappa shape index (κ3) is 3.25.